The van der Waals surface area contributed by atoms with Gasteiger partial charge in [0.2, 0.25) is 15.9 Å². The monoisotopic (exact) mass is 482 g/mol. The van der Waals surface area contributed by atoms with E-state index in [4.69, 9.17) is 0 Å². The van der Waals surface area contributed by atoms with Gasteiger partial charge in [-0.1, -0.05) is 35.9 Å². The van der Waals surface area contributed by atoms with E-state index in [-0.39, 0.29) is 24.9 Å². The van der Waals surface area contributed by atoms with Gasteiger partial charge in [-0.05, 0) is 50.8 Å². The average Bonchev–Trinajstić information content (AvgIpc) is 3.13. The predicted octanol–water partition coefficient (Wildman–Crippen LogP) is 2.97. The molecule has 2 N–H and O–H groups in total. The molecule has 2 aromatic carbocycles. The lowest BCUT2D eigenvalue weighted by Crippen LogP contribution is -2.48. The maximum absolute atomic E-state index is 13.3. The molecule has 0 saturated carbocycles. The van der Waals surface area contributed by atoms with Gasteiger partial charge in [0.05, 0.1) is 10.5 Å². The Balaban J connectivity index is 1.37. The van der Waals surface area contributed by atoms with E-state index in [0.29, 0.717) is 23.3 Å². The van der Waals surface area contributed by atoms with Gasteiger partial charge in [-0.3, -0.25) is 20.4 Å². The molecule has 180 valence electrons. The van der Waals surface area contributed by atoms with Crippen LogP contribution in [0.2, 0.25) is 0 Å². The molecule has 1 aromatic heterocycles. The first kappa shape index (κ1) is 24.0. The number of aryl methyl sites for hydroxylation is 4. The lowest BCUT2D eigenvalue weighted by atomic mass is 9.98. The Morgan fingerprint density at radius 2 is 1.59 bits per heavy atom. The summed E-state index contributed by atoms with van der Waals surface area (Å²) in [7, 11) is -1.78. The Morgan fingerprint density at radius 3 is 2.24 bits per heavy atom. The smallest absolute Gasteiger partial charge is 0.271 e. The third kappa shape index (κ3) is 4.45. The van der Waals surface area contributed by atoms with E-state index in [1.54, 1.807) is 6.20 Å². The number of fused-ring (bicyclic) bond motifs is 1. The van der Waals surface area contributed by atoms with Crippen molar-refractivity contribution in [3.8, 4) is 0 Å². The Bertz CT molecular complexity index is 1350. The number of hydrogen-bond donors (Lipinski definition) is 2. The molecule has 1 saturated heterocycles. The second-order valence-corrected chi connectivity index (χ2v) is 10.9. The molecule has 34 heavy (non-hydrogen) atoms. The Kier molecular flexibility index (Phi) is 6.51. The minimum Gasteiger partial charge on any atom is -0.350 e. The first-order valence-corrected chi connectivity index (χ1v) is 12.8. The number of hydrogen-bond acceptors (Lipinski definition) is 4. The van der Waals surface area contributed by atoms with Crippen LogP contribution in [0.4, 0.5) is 0 Å². The number of rotatable bonds is 4. The molecular weight excluding hydrogens is 452 g/mol. The van der Waals surface area contributed by atoms with Crippen LogP contribution in [-0.2, 0) is 21.9 Å². The summed E-state index contributed by atoms with van der Waals surface area (Å²) in [5.74, 6) is -1.08. The second kappa shape index (κ2) is 9.23. The zero-order chi connectivity index (χ0) is 24.6. The minimum absolute atomic E-state index is 0.254. The molecule has 0 radical (unpaired) electrons. The molecule has 1 aliphatic heterocycles. The molecular formula is C25H30N4O4S. The fraction of sp³-hybridized carbons (Fsp3) is 0.360. The molecule has 2 amide bonds. The molecule has 2 heterocycles. The summed E-state index contributed by atoms with van der Waals surface area (Å²) >= 11 is 0. The fourth-order valence-corrected chi connectivity index (χ4v) is 6.75. The first-order chi connectivity index (χ1) is 16.1. The quantitative estimate of drug-likeness (QED) is 0.559. The molecule has 1 aliphatic rings. The van der Waals surface area contributed by atoms with Gasteiger partial charge in [0.15, 0.2) is 0 Å². The molecule has 0 unspecified atom stereocenters. The number of benzene rings is 2. The number of carbonyl (C=O) groups excluding carboxylic acids is 2. The van der Waals surface area contributed by atoms with E-state index in [9.17, 15) is 18.0 Å². The van der Waals surface area contributed by atoms with Crippen molar-refractivity contribution in [1.82, 2.24) is 19.7 Å². The summed E-state index contributed by atoms with van der Waals surface area (Å²) in [6.07, 6.45) is 2.50. The average molecular weight is 483 g/mol. The number of para-hydroxylation sites is 1. The van der Waals surface area contributed by atoms with Crippen molar-refractivity contribution < 1.29 is 18.0 Å². The van der Waals surface area contributed by atoms with E-state index in [2.05, 4.69) is 10.9 Å². The van der Waals surface area contributed by atoms with Crippen LogP contribution in [0.1, 0.15) is 39.9 Å². The molecule has 0 bridgehead atoms. The van der Waals surface area contributed by atoms with Crippen molar-refractivity contribution in [1.29, 1.82) is 0 Å². The lowest BCUT2D eigenvalue weighted by Gasteiger charge is -2.31. The third-order valence-electron chi connectivity index (χ3n) is 6.47. The predicted molar refractivity (Wildman–Crippen MR) is 131 cm³/mol. The second-order valence-electron chi connectivity index (χ2n) is 9.02. The van der Waals surface area contributed by atoms with Crippen molar-refractivity contribution in [2.75, 3.05) is 13.1 Å². The highest BCUT2D eigenvalue weighted by Crippen LogP contribution is 2.29. The van der Waals surface area contributed by atoms with Crippen molar-refractivity contribution in [2.24, 2.45) is 13.0 Å². The topological polar surface area (TPSA) is 101 Å². The zero-order valence-electron chi connectivity index (χ0n) is 19.9. The summed E-state index contributed by atoms with van der Waals surface area (Å²) in [6.45, 7) is 6.08. The number of nitrogens with one attached hydrogen (secondary N) is 2. The number of amides is 2. The Labute approximate surface area is 200 Å². The van der Waals surface area contributed by atoms with Crippen molar-refractivity contribution in [3.63, 3.8) is 0 Å². The Morgan fingerprint density at radius 1 is 0.971 bits per heavy atom. The summed E-state index contributed by atoms with van der Waals surface area (Å²) in [5.41, 5.74) is 8.91. The van der Waals surface area contributed by atoms with Crippen molar-refractivity contribution >= 4 is 32.7 Å². The molecule has 4 rings (SSSR count). The van der Waals surface area contributed by atoms with Crippen LogP contribution < -0.4 is 10.9 Å². The van der Waals surface area contributed by atoms with Crippen molar-refractivity contribution in [3.05, 3.63) is 64.8 Å². The van der Waals surface area contributed by atoms with Crippen LogP contribution in [0.5, 0.6) is 0 Å². The molecule has 0 aliphatic carbocycles. The normalized spacial score (nSPS) is 15.4. The van der Waals surface area contributed by atoms with Gasteiger partial charge >= 0.3 is 0 Å². The van der Waals surface area contributed by atoms with E-state index in [0.717, 1.165) is 27.6 Å². The van der Waals surface area contributed by atoms with Crippen LogP contribution in [0, 0.1) is 26.7 Å². The number of hydrazine groups is 1. The zero-order valence-corrected chi connectivity index (χ0v) is 20.7. The summed E-state index contributed by atoms with van der Waals surface area (Å²) in [5, 5.41) is 0.803. The lowest BCUT2D eigenvalue weighted by molar-refractivity contribution is -0.126. The Hall–Kier alpha value is -3.17. The highest BCUT2D eigenvalue weighted by Gasteiger charge is 2.34. The number of nitrogens with zero attached hydrogens (tertiary/aromatic N) is 2. The molecule has 1 fully saturated rings. The van der Waals surface area contributed by atoms with Gasteiger partial charge in [0.1, 0.15) is 0 Å². The largest absolute Gasteiger partial charge is 0.350 e. The highest BCUT2D eigenvalue weighted by molar-refractivity contribution is 7.89. The van der Waals surface area contributed by atoms with E-state index >= 15 is 0 Å². The maximum atomic E-state index is 13.3. The van der Waals surface area contributed by atoms with E-state index < -0.39 is 15.9 Å². The van der Waals surface area contributed by atoms with Crippen LogP contribution in [0.3, 0.4) is 0 Å². The molecule has 8 nitrogen and oxygen atoms in total. The van der Waals surface area contributed by atoms with Crippen LogP contribution in [-0.4, -0.2) is 42.2 Å². The maximum Gasteiger partial charge on any atom is 0.271 e. The number of aromatic nitrogens is 1. The third-order valence-corrected chi connectivity index (χ3v) is 8.67. The molecule has 0 spiro atoms. The van der Waals surface area contributed by atoms with Gasteiger partial charge in [-0.15, -0.1) is 0 Å². The van der Waals surface area contributed by atoms with Gasteiger partial charge < -0.3 is 4.57 Å². The van der Waals surface area contributed by atoms with Crippen LogP contribution in [0.25, 0.3) is 10.9 Å². The van der Waals surface area contributed by atoms with Gasteiger partial charge in [-0.2, -0.15) is 4.31 Å². The number of sulfonamides is 1. The van der Waals surface area contributed by atoms with Gasteiger partial charge in [0.25, 0.3) is 5.91 Å². The van der Waals surface area contributed by atoms with E-state index in [1.165, 1.54) is 4.31 Å². The van der Waals surface area contributed by atoms with Gasteiger partial charge in [-0.25, -0.2) is 8.42 Å². The standard InChI is InChI=1S/C25H30N4O4S/c1-16-13-17(2)23(18(3)14-16)34(32,33)29-11-9-19(10-12-29)24(30)26-27-25(31)21-15-28(4)22-8-6-5-7-20(21)22/h5-8,13-15,19H,9-12H2,1-4H3,(H,26,30)(H,27,31). The minimum atomic E-state index is -3.64. The molecule has 3 aromatic rings. The summed E-state index contributed by atoms with van der Waals surface area (Å²) in [4.78, 5) is 25.7. The van der Waals surface area contributed by atoms with Gasteiger partial charge in [0, 0.05) is 43.2 Å². The highest BCUT2D eigenvalue weighted by atomic mass is 32.2. The molecule has 0 atom stereocenters. The van der Waals surface area contributed by atoms with E-state index in [1.807, 2.05) is 68.8 Å². The summed E-state index contributed by atoms with van der Waals surface area (Å²) < 4.78 is 29.8. The van der Waals surface area contributed by atoms with Crippen LogP contribution >= 0.6 is 0 Å². The van der Waals surface area contributed by atoms with Crippen molar-refractivity contribution in [2.45, 2.75) is 38.5 Å². The number of piperidine rings is 1. The van der Waals surface area contributed by atoms with Crippen LogP contribution in [0.15, 0.2) is 47.5 Å². The fourth-order valence-electron chi connectivity index (χ4n) is 4.87. The first-order valence-electron chi connectivity index (χ1n) is 11.3. The SMILES string of the molecule is Cc1cc(C)c(S(=O)(=O)N2CCC(C(=O)NNC(=O)c3cn(C)c4ccccc34)CC2)c(C)c1. The molecule has 9 heteroatoms. The summed E-state index contributed by atoms with van der Waals surface area (Å²) in [6, 6.07) is 11.3. The number of carbonyl (C=O) groups is 2.